The van der Waals surface area contributed by atoms with Crippen molar-refractivity contribution in [3.8, 4) is 0 Å². The van der Waals surface area contributed by atoms with Gasteiger partial charge in [0.1, 0.15) is 0 Å². The van der Waals surface area contributed by atoms with E-state index in [1.807, 2.05) is 0 Å². The summed E-state index contributed by atoms with van der Waals surface area (Å²) in [6.45, 7) is 6.06. The topological polar surface area (TPSA) is 75.6 Å². The number of rotatable bonds is 9. The fourth-order valence-electron chi connectivity index (χ4n) is 1.46. The minimum atomic E-state index is -0.515. The maximum atomic E-state index is 10.8. The molecule has 0 radical (unpaired) electrons. The molecule has 1 unspecified atom stereocenters. The van der Waals surface area contributed by atoms with E-state index in [9.17, 15) is 4.79 Å². The van der Waals surface area contributed by atoms with Gasteiger partial charge in [-0.05, 0) is 33.5 Å². The molecule has 96 valence electrons. The van der Waals surface area contributed by atoms with Crippen molar-refractivity contribution in [2.24, 2.45) is 11.5 Å². The highest BCUT2D eigenvalue weighted by atomic mass is 16.1. The van der Waals surface area contributed by atoms with Gasteiger partial charge in [-0.1, -0.05) is 6.92 Å². The molecule has 1 amide bonds. The van der Waals surface area contributed by atoms with Crippen molar-refractivity contribution in [1.82, 2.24) is 9.80 Å². The lowest BCUT2D eigenvalue weighted by Crippen LogP contribution is -2.41. The van der Waals surface area contributed by atoms with Crippen LogP contribution in [0.5, 0.6) is 0 Å². The van der Waals surface area contributed by atoms with E-state index in [1.54, 1.807) is 0 Å². The van der Waals surface area contributed by atoms with Crippen LogP contribution in [-0.4, -0.2) is 62.0 Å². The molecule has 5 heteroatoms. The molecule has 0 aromatic heterocycles. The van der Waals surface area contributed by atoms with Gasteiger partial charge in [-0.15, -0.1) is 0 Å². The largest absolute Gasteiger partial charge is 0.368 e. The summed E-state index contributed by atoms with van der Waals surface area (Å²) in [5.74, 6) is -0.413. The first-order valence-corrected chi connectivity index (χ1v) is 5.89. The van der Waals surface area contributed by atoms with Gasteiger partial charge in [-0.3, -0.25) is 4.79 Å². The summed E-state index contributed by atoms with van der Waals surface area (Å²) in [5.41, 5.74) is 10.7. The van der Waals surface area contributed by atoms with Crippen LogP contribution < -0.4 is 11.5 Å². The van der Waals surface area contributed by atoms with Gasteiger partial charge in [-0.2, -0.15) is 0 Å². The third-order valence-corrected chi connectivity index (χ3v) is 2.53. The van der Waals surface area contributed by atoms with Crippen LogP contribution >= 0.6 is 0 Å². The van der Waals surface area contributed by atoms with Crippen molar-refractivity contribution in [2.45, 2.75) is 25.8 Å². The van der Waals surface area contributed by atoms with Crippen molar-refractivity contribution in [3.05, 3.63) is 0 Å². The Labute approximate surface area is 98.7 Å². The van der Waals surface area contributed by atoms with Crippen LogP contribution in [0.25, 0.3) is 0 Å². The average Bonchev–Trinajstić information content (AvgIpc) is 2.21. The molecule has 0 heterocycles. The zero-order valence-electron chi connectivity index (χ0n) is 10.8. The first-order valence-electron chi connectivity index (χ1n) is 5.89. The summed E-state index contributed by atoms with van der Waals surface area (Å²) in [6.07, 6.45) is 1.75. The second-order valence-electron chi connectivity index (χ2n) is 4.44. The Morgan fingerprint density at radius 2 is 1.81 bits per heavy atom. The Hall–Kier alpha value is -0.650. The molecule has 0 aliphatic rings. The normalized spacial score (nSPS) is 13.4. The minimum absolute atomic E-state index is 0.413. The fraction of sp³-hybridized carbons (Fsp3) is 0.909. The lowest BCUT2D eigenvalue weighted by Gasteiger charge is -2.24. The van der Waals surface area contributed by atoms with Crippen molar-refractivity contribution in [2.75, 3.05) is 40.3 Å². The smallest absolute Gasteiger partial charge is 0.234 e. The highest BCUT2D eigenvalue weighted by Gasteiger charge is 2.11. The summed E-state index contributed by atoms with van der Waals surface area (Å²) in [6, 6.07) is -0.515. The summed E-state index contributed by atoms with van der Waals surface area (Å²) in [7, 11) is 4.11. The summed E-state index contributed by atoms with van der Waals surface area (Å²) < 4.78 is 0. The predicted molar refractivity (Wildman–Crippen MR) is 67.1 cm³/mol. The highest BCUT2D eigenvalue weighted by molar-refractivity contribution is 5.79. The number of hydrogen-bond donors (Lipinski definition) is 2. The number of likely N-dealkylation sites (N-methyl/N-ethyl adjacent to an activating group) is 1. The molecule has 0 aliphatic heterocycles. The molecule has 0 bridgehead atoms. The fourth-order valence-corrected chi connectivity index (χ4v) is 1.46. The average molecular weight is 230 g/mol. The third-order valence-electron chi connectivity index (χ3n) is 2.53. The summed E-state index contributed by atoms with van der Waals surface area (Å²) in [5, 5.41) is 0. The van der Waals surface area contributed by atoms with Crippen LogP contribution in [0.4, 0.5) is 0 Å². The number of hydrogen-bond acceptors (Lipinski definition) is 4. The summed E-state index contributed by atoms with van der Waals surface area (Å²) in [4.78, 5) is 15.3. The number of nitrogens with two attached hydrogens (primary N) is 2. The van der Waals surface area contributed by atoms with Crippen LogP contribution in [0.2, 0.25) is 0 Å². The Balaban J connectivity index is 3.88. The van der Waals surface area contributed by atoms with Crippen molar-refractivity contribution >= 4 is 5.91 Å². The number of carbonyl (C=O) groups is 1. The monoisotopic (exact) mass is 230 g/mol. The van der Waals surface area contributed by atoms with Gasteiger partial charge < -0.3 is 21.3 Å². The van der Waals surface area contributed by atoms with Crippen molar-refractivity contribution in [1.29, 1.82) is 0 Å². The zero-order chi connectivity index (χ0) is 12.6. The molecule has 0 rings (SSSR count). The van der Waals surface area contributed by atoms with E-state index in [0.29, 0.717) is 6.42 Å². The molecular weight excluding hydrogens is 204 g/mol. The van der Waals surface area contributed by atoms with E-state index in [4.69, 9.17) is 11.5 Å². The van der Waals surface area contributed by atoms with Gasteiger partial charge >= 0.3 is 0 Å². The predicted octanol–water partition coefficient (Wildman–Crippen LogP) is -0.537. The molecule has 5 nitrogen and oxygen atoms in total. The molecule has 0 saturated heterocycles. The van der Waals surface area contributed by atoms with Gasteiger partial charge in [0.2, 0.25) is 5.91 Å². The highest BCUT2D eigenvalue weighted by Crippen LogP contribution is 1.97. The maximum Gasteiger partial charge on any atom is 0.234 e. The zero-order valence-corrected chi connectivity index (χ0v) is 10.8. The van der Waals surface area contributed by atoms with Gasteiger partial charge in [0.25, 0.3) is 0 Å². The Morgan fingerprint density at radius 3 is 2.25 bits per heavy atom. The lowest BCUT2D eigenvalue weighted by atomic mass is 10.2. The van der Waals surface area contributed by atoms with E-state index >= 15 is 0 Å². The van der Waals surface area contributed by atoms with E-state index in [1.165, 1.54) is 0 Å². The van der Waals surface area contributed by atoms with Crippen molar-refractivity contribution in [3.63, 3.8) is 0 Å². The van der Waals surface area contributed by atoms with Gasteiger partial charge in [-0.25, -0.2) is 0 Å². The summed E-state index contributed by atoms with van der Waals surface area (Å²) >= 11 is 0. The molecule has 0 aliphatic carbocycles. The van der Waals surface area contributed by atoms with E-state index in [-0.39, 0.29) is 0 Å². The number of amides is 1. The third kappa shape index (κ3) is 7.62. The number of carbonyl (C=O) groups excluding carboxylic acids is 1. The maximum absolute atomic E-state index is 10.8. The molecule has 0 saturated carbocycles. The molecule has 4 N–H and O–H groups in total. The van der Waals surface area contributed by atoms with E-state index < -0.39 is 11.9 Å². The van der Waals surface area contributed by atoms with Gasteiger partial charge in [0, 0.05) is 19.6 Å². The van der Waals surface area contributed by atoms with Gasteiger partial charge in [0.15, 0.2) is 0 Å². The molecule has 0 fully saturated rings. The molecular formula is C11H26N4O. The first kappa shape index (κ1) is 15.3. The van der Waals surface area contributed by atoms with E-state index in [2.05, 4.69) is 30.8 Å². The van der Waals surface area contributed by atoms with Crippen LogP contribution in [0.15, 0.2) is 0 Å². The van der Waals surface area contributed by atoms with Crippen LogP contribution in [-0.2, 0) is 4.79 Å². The number of primary amides is 1. The minimum Gasteiger partial charge on any atom is -0.368 e. The van der Waals surface area contributed by atoms with Crippen LogP contribution in [0.1, 0.15) is 19.8 Å². The Kier molecular flexibility index (Phi) is 8.15. The molecule has 16 heavy (non-hydrogen) atoms. The lowest BCUT2D eigenvalue weighted by molar-refractivity contribution is -0.119. The van der Waals surface area contributed by atoms with Crippen LogP contribution in [0, 0.1) is 0 Å². The molecule has 0 spiro atoms. The van der Waals surface area contributed by atoms with E-state index in [0.717, 1.165) is 32.6 Å². The molecule has 1 atom stereocenters. The molecule has 0 aromatic carbocycles. The quantitative estimate of drug-likeness (QED) is 0.558. The van der Waals surface area contributed by atoms with Gasteiger partial charge in [0.05, 0.1) is 6.04 Å². The van der Waals surface area contributed by atoms with Crippen molar-refractivity contribution < 1.29 is 4.79 Å². The second kappa shape index (κ2) is 8.50. The second-order valence-corrected chi connectivity index (χ2v) is 4.44. The molecule has 0 aromatic rings. The number of nitrogens with zero attached hydrogens (tertiary/aromatic N) is 2. The Morgan fingerprint density at radius 1 is 1.19 bits per heavy atom. The SMILES string of the molecule is CCCN(CCC(N)C(N)=O)CCN(C)C. The first-order chi connectivity index (χ1) is 7.47. The standard InChI is InChI=1S/C11H26N4O/c1-4-6-15(9-8-14(2)3)7-5-10(12)11(13)16/h10H,4-9,12H2,1-3H3,(H2,13,16). The Bertz CT molecular complexity index is 196. The van der Waals surface area contributed by atoms with Crippen LogP contribution in [0.3, 0.4) is 0 Å².